The number of fused-ring (bicyclic) bond motifs is 1. The van der Waals surface area contributed by atoms with E-state index in [1.807, 2.05) is 0 Å². The number of hydrogen-bond acceptors (Lipinski definition) is 4. The minimum Gasteiger partial charge on any atom is -0.385 e. The molecule has 7 heteroatoms. The van der Waals surface area contributed by atoms with Crippen LogP contribution in [0.2, 0.25) is 0 Å². The first-order valence-electron chi connectivity index (χ1n) is 6.89. The Morgan fingerprint density at radius 2 is 2.05 bits per heavy atom. The minimum absolute atomic E-state index is 0.144. The van der Waals surface area contributed by atoms with Gasteiger partial charge in [0.15, 0.2) is 5.65 Å². The van der Waals surface area contributed by atoms with Gasteiger partial charge in [0.1, 0.15) is 11.2 Å². The third kappa shape index (κ3) is 2.62. The van der Waals surface area contributed by atoms with Gasteiger partial charge in [-0.25, -0.2) is 14.1 Å². The number of aromatic nitrogens is 4. The van der Waals surface area contributed by atoms with Crippen molar-refractivity contribution in [2.75, 3.05) is 13.7 Å². The molecule has 3 aromatic rings. The minimum atomic E-state index is -0.325. The standard InChI is InChI=1S/C15H15FN4O2/c1-22-8-2-7-19-10-17-14-13(15(19)21)9-18-20(14)12-5-3-11(16)4-6-12/h3-6,9-10H,2,7-8H2,1H3. The fraction of sp³-hybridized carbons (Fsp3) is 0.267. The van der Waals surface area contributed by atoms with Crippen LogP contribution in [0.15, 0.2) is 41.6 Å². The van der Waals surface area contributed by atoms with E-state index in [0.29, 0.717) is 29.9 Å². The zero-order valence-corrected chi connectivity index (χ0v) is 12.1. The summed E-state index contributed by atoms with van der Waals surface area (Å²) in [4.78, 5) is 16.7. The molecule has 6 nitrogen and oxygen atoms in total. The van der Waals surface area contributed by atoms with Crippen molar-refractivity contribution in [2.24, 2.45) is 0 Å². The molecule has 0 amide bonds. The van der Waals surface area contributed by atoms with Crippen molar-refractivity contribution in [3.63, 3.8) is 0 Å². The maximum atomic E-state index is 13.0. The van der Waals surface area contributed by atoms with E-state index in [4.69, 9.17) is 4.74 Å². The highest BCUT2D eigenvalue weighted by Gasteiger charge is 2.11. The fourth-order valence-corrected chi connectivity index (χ4v) is 2.26. The molecule has 0 saturated heterocycles. The first kappa shape index (κ1) is 14.4. The van der Waals surface area contributed by atoms with Gasteiger partial charge in [0.2, 0.25) is 0 Å². The molecule has 0 fully saturated rings. The van der Waals surface area contributed by atoms with Crippen LogP contribution in [-0.2, 0) is 11.3 Å². The summed E-state index contributed by atoms with van der Waals surface area (Å²) in [6.07, 6.45) is 3.72. The molecule has 0 atom stereocenters. The Bertz CT molecular complexity index is 839. The van der Waals surface area contributed by atoms with E-state index in [1.54, 1.807) is 19.2 Å². The summed E-state index contributed by atoms with van der Waals surface area (Å²) in [5, 5.41) is 4.62. The van der Waals surface area contributed by atoms with E-state index in [1.165, 1.54) is 33.9 Å². The van der Waals surface area contributed by atoms with Crippen LogP contribution in [-0.4, -0.2) is 33.0 Å². The maximum Gasteiger partial charge on any atom is 0.264 e. The number of hydrogen-bond donors (Lipinski definition) is 0. The fourth-order valence-electron chi connectivity index (χ4n) is 2.26. The SMILES string of the molecule is COCCCn1cnc2c(cnn2-c2ccc(F)cc2)c1=O. The van der Waals surface area contributed by atoms with Crippen molar-refractivity contribution in [3.8, 4) is 5.69 Å². The molecule has 22 heavy (non-hydrogen) atoms. The Balaban J connectivity index is 2.00. The number of ether oxygens (including phenoxy) is 1. The van der Waals surface area contributed by atoms with Gasteiger partial charge >= 0.3 is 0 Å². The second-order valence-corrected chi connectivity index (χ2v) is 4.86. The highest BCUT2D eigenvalue weighted by Crippen LogP contribution is 2.14. The average Bonchev–Trinajstić information content (AvgIpc) is 2.95. The lowest BCUT2D eigenvalue weighted by atomic mass is 10.3. The lowest BCUT2D eigenvalue weighted by Crippen LogP contribution is -2.21. The van der Waals surface area contributed by atoms with Gasteiger partial charge in [-0.2, -0.15) is 5.10 Å². The molecule has 2 heterocycles. The number of nitrogens with zero attached hydrogens (tertiary/aromatic N) is 4. The Hall–Kier alpha value is -2.54. The molecule has 0 bridgehead atoms. The molecule has 0 unspecified atom stereocenters. The molecule has 0 aliphatic rings. The van der Waals surface area contributed by atoms with Crippen molar-refractivity contribution < 1.29 is 9.13 Å². The summed E-state index contributed by atoms with van der Waals surface area (Å²) in [7, 11) is 1.62. The molecule has 0 aliphatic heterocycles. The first-order chi connectivity index (χ1) is 10.7. The summed E-state index contributed by atoms with van der Waals surface area (Å²) in [5.74, 6) is -0.325. The van der Waals surface area contributed by atoms with Gasteiger partial charge in [-0.1, -0.05) is 0 Å². The maximum absolute atomic E-state index is 13.0. The van der Waals surface area contributed by atoms with Gasteiger partial charge in [-0.05, 0) is 30.7 Å². The summed E-state index contributed by atoms with van der Waals surface area (Å²) < 4.78 is 21.0. The van der Waals surface area contributed by atoms with Crippen molar-refractivity contribution in [3.05, 3.63) is 53.0 Å². The first-order valence-corrected chi connectivity index (χ1v) is 6.89. The van der Waals surface area contributed by atoms with Gasteiger partial charge in [-0.15, -0.1) is 0 Å². The van der Waals surface area contributed by atoms with Gasteiger partial charge in [0, 0.05) is 20.3 Å². The molecular weight excluding hydrogens is 287 g/mol. The number of halogens is 1. The molecule has 2 aromatic heterocycles. The van der Waals surface area contributed by atoms with Gasteiger partial charge < -0.3 is 4.74 Å². The Labute approximate surface area is 125 Å². The smallest absolute Gasteiger partial charge is 0.264 e. The predicted octanol–water partition coefficient (Wildman–Crippen LogP) is 1.76. The summed E-state index contributed by atoms with van der Waals surface area (Å²) in [6, 6.07) is 5.87. The van der Waals surface area contributed by atoms with Gasteiger partial charge in [-0.3, -0.25) is 9.36 Å². The van der Waals surface area contributed by atoms with Crippen molar-refractivity contribution >= 4 is 11.0 Å². The molecule has 0 aliphatic carbocycles. The molecule has 114 valence electrons. The van der Waals surface area contributed by atoms with Crippen molar-refractivity contribution in [1.82, 2.24) is 19.3 Å². The topological polar surface area (TPSA) is 61.9 Å². The van der Waals surface area contributed by atoms with E-state index >= 15 is 0 Å². The van der Waals surface area contributed by atoms with Crippen LogP contribution < -0.4 is 5.56 Å². The molecule has 0 N–H and O–H groups in total. The number of benzene rings is 1. The summed E-state index contributed by atoms with van der Waals surface area (Å²) >= 11 is 0. The largest absolute Gasteiger partial charge is 0.385 e. The summed E-state index contributed by atoms with van der Waals surface area (Å²) in [5.41, 5.74) is 0.967. The highest BCUT2D eigenvalue weighted by molar-refractivity contribution is 5.74. The Kier molecular flexibility index (Phi) is 3.97. The third-order valence-electron chi connectivity index (χ3n) is 3.37. The Morgan fingerprint density at radius 1 is 1.27 bits per heavy atom. The lowest BCUT2D eigenvalue weighted by molar-refractivity contribution is 0.190. The molecule has 0 radical (unpaired) electrons. The van der Waals surface area contributed by atoms with Crippen LogP contribution in [0.4, 0.5) is 4.39 Å². The van der Waals surface area contributed by atoms with Crippen LogP contribution in [0.3, 0.4) is 0 Å². The zero-order valence-electron chi connectivity index (χ0n) is 12.1. The zero-order chi connectivity index (χ0) is 15.5. The van der Waals surface area contributed by atoms with Gasteiger partial charge in [0.25, 0.3) is 5.56 Å². The van der Waals surface area contributed by atoms with Crippen molar-refractivity contribution in [2.45, 2.75) is 13.0 Å². The van der Waals surface area contributed by atoms with E-state index in [-0.39, 0.29) is 11.4 Å². The second-order valence-electron chi connectivity index (χ2n) is 4.86. The summed E-state index contributed by atoms with van der Waals surface area (Å²) in [6.45, 7) is 1.12. The van der Waals surface area contributed by atoms with E-state index in [2.05, 4.69) is 10.1 Å². The van der Waals surface area contributed by atoms with E-state index < -0.39 is 0 Å². The second kappa shape index (κ2) is 6.07. The van der Waals surface area contributed by atoms with E-state index in [0.717, 1.165) is 6.42 Å². The van der Waals surface area contributed by atoms with E-state index in [9.17, 15) is 9.18 Å². The quantitative estimate of drug-likeness (QED) is 0.674. The number of aryl methyl sites for hydroxylation is 1. The monoisotopic (exact) mass is 302 g/mol. The van der Waals surface area contributed by atoms with Crippen LogP contribution >= 0.6 is 0 Å². The normalized spacial score (nSPS) is 11.2. The van der Waals surface area contributed by atoms with Crippen LogP contribution in [0.1, 0.15) is 6.42 Å². The van der Waals surface area contributed by atoms with Gasteiger partial charge in [0.05, 0.1) is 18.2 Å². The molecular formula is C15H15FN4O2. The third-order valence-corrected chi connectivity index (χ3v) is 3.37. The predicted molar refractivity (Wildman–Crippen MR) is 79.6 cm³/mol. The average molecular weight is 302 g/mol. The molecule has 0 saturated carbocycles. The number of rotatable bonds is 5. The lowest BCUT2D eigenvalue weighted by Gasteiger charge is -2.06. The number of methoxy groups -OCH3 is 1. The van der Waals surface area contributed by atoms with Crippen LogP contribution in [0.25, 0.3) is 16.7 Å². The van der Waals surface area contributed by atoms with Crippen LogP contribution in [0, 0.1) is 5.82 Å². The molecule has 3 rings (SSSR count). The molecule has 0 spiro atoms. The Morgan fingerprint density at radius 3 is 2.77 bits per heavy atom. The highest BCUT2D eigenvalue weighted by atomic mass is 19.1. The molecule has 1 aromatic carbocycles. The van der Waals surface area contributed by atoms with Crippen molar-refractivity contribution in [1.29, 1.82) is 0 Å². The van der Waals surface area contributed by atoms with Crippen LogP contribution in [0.5, 0.6) is 0 Å².